The van der Waals surface area contributed by atoms with Crippen LogP contribution in [0.4, 0.5) is 13.2 Å². The van der Waals surface area contributed by atoms with E-state index in [0.29, 0.717) is 15.9 Å². The van der Waals surface area contributed by atoms with Crippen LogP contribution in [-0.4, -0.2) is 35.3 Å². The maximum absolute atomic E-state index is 15.4. The minimum Gasteiger partial charge on any atom is -0.839 e. The SMILES string of the molecule is CC(C)OP(=O)(CC([O-])(C(F)(F)F)C(C)(C)[P+](c1ccccc1)(c1ccccc1)c1ccccc1)OC(C)C. The Bertz CT molecular complexity index is 1140. The first kappa shape index (κ1) is 31.5. The van der Waals surface area contributed by atoms with E-state index in [4.69, 9.17) is 9.05 Å². The summed E-state index contributed by atoms with van der Waals surface area (Å²) in [5.41, 5.74) is -3.73. The Hall–Kier alpha value is -2.01. The van der Waals surface area contributed by atoms with Gasteiger partial charge in [0.05, 0.1) is 23.5 Å². The Morgan fingerprint density at radius 2 is 1.03 bits per heavy atom. The Kier molecular flexibility index (Phi) is 9.57. The van der Waals surface area contributed by atoms with Gasteiger partial charge >= 0.3 is 13.8 Å². The van der Waals surface area contributed by atoms with Crippen LogP contribution in [0.15, 0.2) is 91.0 Å². The monoisotopic (exact) mass is 580 g/mol. The second kappa shape index (κ2) is 11.8. The summed E-state index contributed by atoms with van der Waals surface area (Å²) in [5, 5.41) is 14.6. The van der Waals surface area contributed by atoms with Gasteiger partial charge in [-0.15, -0.1) is 0 Å². The van der Waals surface area contributed by atoms with Gasteiger partial charge in [-0.3, -0.25) is 4.57 Å². The number of benzene rings is 3. The molecule has 0 bridgehead atoms. The van der Waals surface area contributed by atoms with Crippen molar-refractivity contribution in [2.45, 2.75) is 70.7 Å². The van der Waals surface area contributed by atoms with Gasteiger partial charge < -0.3 is 14.2 Å². The van der Waals surface area contributed by atoms with Crippen LogP contribution in [0.2, 0.25) is 0 Å². The molecule has 0 radical (unpaired) electrons. The van der Waals surface area contributed by atoms with E-state index in [1.807, 2.05) is 0 Å². The summed E-state index contributed by atoms with van der Waals surface area (Å²) in [7, 11) is -7.90. The van der Waals surface area contributed by atoms with Crippen molar-refractivity contribution in [1.29, 1.82) is 0 Å². The van der Waals surface area contributed by atoms with Crippen molar-refractivity contribution >= 4 is 30.8 Å². The van der Waals surface area contributed by atoms with E-state index in [-0.39, 0.29) is 0 Å². The summed E-state index contributed by atoms with van der Waals surface area (Å²) >= 11 is 0. The van der Waals surface area contributed by atoms with Crippen molar-refractivity contribution < 1.29 is 31.9 Å². The summed E-state index contributed by atoms with van der Waals surface area (Å²) in [4.78, 5) is 0. The quantitative estimate of drug-likeness (QED) is 0.244. The van der Waals surface area contributed by atoms with E-state index in [0.717, 1.165) is 0 Å². The third-order valence-corrected chi connectivity index (χ3v) is 14.4. The number of rotatable bonds is 11. The minimum absolute atomic E-state index is 0.612. The Balaban J connectivity index is 2.47. The second-order valence-corrected chi connectivity index (χ2v) is 16.6. The standard InChI is InChI=1S/C30H37F3O4P2/c1-23(2)36-38(35,37-24(3)4)22-29(34,30(31,32)33)28(5,6)39(25-16-10-7-11-17-25,26-18-12-8-13-19-26)27-20-14-9-15-21-27/h7-21,23-24H,22H2,1-6H3. The molecule has 0 saturated heterocycles. The van der Waals surface area contributed by atoms with Crippen LogP contribution < -0.4 is 21.0 Å². The summed E-state index contributed by atoms with van der Waals surface area (Å²) in [6.07, 6.45) is -8.09. The van der Waals surface area contributed by atoms with E-state index in [2.05, 4.69) is 0 Å². The summed E-state index contributed by atoms with van der Waals surface area (Å²) in [5.74, 6) is 0. The van der Waals surface area contributed by atoms with Gasteiger partial charge in [-0.05, 0) is 77.9 Å². The van der Waals surface area contributed by atoms with Crippen molar-refractivity contribution in [3.63, 3.8) is 0 Å². The molecule has 1 atom stereocenters. The lowest BCUT2D eigenvalue weighted by Gasteiger charge is -2.57. The van der Waals surface area contributed by atoms with E-state index in [9.17, 15) is 9.67 Å². The lowest BCUT2D eigenvalue weighted by Crippen LogP contribution is -2.73. The zero-order valence-corrected chi connectivity index (χ0v) is 25.0. The molecular weight excluding hydrogens is 543 g/mol. The number of hydrogen-bond acceptors (Lipinski definition) is 4. The molecule has 9 heteroatoms. The largest absolute Gasteiger partial charge is 0.839 e. The minimum atomic E-state index is -5.30. The summed E-state index contributed by atoms with van der Waals surface area (Å²) in [6.45, 7) is 8.94. The molecule has 0 heterocycles. The highest BCUT2D eigenvalue weighted by Crippen LogP contribution is 2.72. The zero-order valence-electron chi connectivity index (χ0n) is 23.2. The first-order chi connectivity index (χ1) is 18.1. The molecule has 39 heavy (non-hydrogen) atoms. The van der Waals surface area contributed by atoms with Crippen molar-refractivity contribution in [2.75, 3.05) is 6.16 Å². The Morgan fingerprint density at radius 3 is 1.28 bits per heavy atom. The molecule has 3 aromatic rings. The molecule has 3 rings (SSSR count). The van der Waals surface area contributed by atoms with Crippen LogP contribution in [0, 0.1) is 0 Å². The molecule has 3 aromatic carbocycles. The van der Waals surface area contributed by atoms with Gasteiger partial charge in [-0.2, -0.15) is 13.2 Å². The maximum atomic E-state index is 15.4. The van der Waals surface area contributed by atoms with Crippen LogP contribution in [-0.2, 0) is 13.6 Å². The fraction of sp³-hybridized carbons (Fsp3) is 0.400. The van der Waals surface area contributed by atoms with E-state index >= 15 is 13.2 Å². The topological polar surface area (TPSA) is 58.6 Å². The third-order valence-electron chi connectivity index (χ3n) is 6.87. The van der Waals surface area contributed by atoms with Crippen molar-refractivity contribution in [2.24, 2.45) is 0 Å². The van der Waals surface area contributed by atoms with Crippen molar-refractivity contribution in [3.05, 3.63) is 91.0 Å². The zero-order chi connectivity index (χ0) is 29.1. The molecule has 0 spiro atoms. The van der Waals surface area contributed by atoms with Gasteiger partial charge in [-0.1, -0.05) is 54.6 Å². The molecule has 4 nitrogen and oxygen atoms in total. The Morgan fingerprint density at radius 1 is 0.718 bits per heavy atom. The Labute approximate surface area is 230 Å². The van der Waals surface area contributed by atoms with Gasteiger partial charge in [0.25, 0.3) is 0 Å². The molecule has 0 aliphatic carbocycles. The lowest BCUT2D eigenvalue weighted by atomic mass is 9.90. The summed E-state index contributed by atoms with van der Waals surface area (Å²) in [6, 6.07) is 26.6. The predicted octanol–water partition coefficient (Wildman–Crippen LogP) is 6.46. The first-order valence-electron chi connectivity index (χ1n) is 12.9. The van der Waals surface area contributed by atoms with Crippen LogP contribution in [0.25, 0.3) is 0 Å². The molecule has 0 aliphatic heterocycles. The van der Waals surface area contributed by atoms with Crippen LogP contribution in [0.1, 0.15) is 41.5 Å². The average Bonchev–Trinajstić information content (AvgIpc) is 2.84. The smallest absolute Gasteiger partial charge is 0.384 e. The molecule has 0 N–H and O–H groups in total. The fourth-order valence-electron chi connectivity index (χ4n) is 5.29. The normalized spacial score (nSPS) is 15.0. The molecular formula is C30H37F3O4P2. The maximum Gasteiger partial charge on any atom is 0.384 e. The average molecular weight is 581 g/mol. The number of hydrogen-bond donors (Lipinski definition) is 0. The third kappa shape index (κ3) is 6.04. The van der Waals surface area contributed by atoms with Gasteiger partial charge in [0.15, 0.2) is 0 Å². The van der Waals surface area contributed by atoms with E-state index in [1.54, 1.807) is 119 Å². The molecule has 0 amide bonds. The molecule has 212 valence electrons. The molecule has 0 aliphatic rings. The molecule has 0 saturated carbocycles. The molecule has 1 unspecified atom stereocenters. The van der Waals surface area contributed by atoms with Gasteiger partial charge in [0.2, 0.25) is 0 Å². The highest BCUT2D eigenvalue weighted by atomic mass is 31.2. The van der Waals surface area contributed by atoms with Crippen LogP contribution in [0.5, 0.6) is 0 Å². The van der Waals surface area contributed by atoms with Gasteiger partial charge in [-0.25, -0.2) is 0 Å². The molecule has 0 aromatic heterocycles. The van der Waals surface area contributed by atoms with Crippen molar-refractivity contribution in [1.82, 2.24) is 0 Å². The predicted molar refractivity (Wildman–Crippen MR) is 153 cm³/mol. The van der Waals surface area contributed by atoms with E-state index in [1.165, 1.54) is 13.8 Å². The number of halogens is 3. The van der Waals surface area contributed by atoms with Crippen LogP contribution >= 0.6 is 14.9 Å². The highest BCUT2D eigenvalue weighted by Gasteiger charge is 2.70. The lowest BCUT2D eigenvalue weighted by molar-refractivity contribution is -0.539. The highest BCUT2D eigenvalue weighted by molar-refractivity contribution is 7.97. The van der Waals surface area contributed by atoms with E-state index < -0.39 is 50.2 Å². The van der Waals surface area contributed by atoms with Gasteiger partial charge in [0.1, 0.15) is 23.2 Å². The first-order valence-corrected chi connectivity index (χ1v) is 16.4. The second-order valence-electron chi connectivity index (χ2n) is 10.6. The van der Waals surface area contributed by atoms with Crippen LogP contribution in [0.3, 0.4) is 0 Å². The van der Waals surface area contributed by atoms with Gasteiger partial charge in [0, 0.05) is 5.60 Å². The molecule has 0 fully saturated rings. The summed E-state index contributed by atoms with van der Waals surface area (Å²) < 4.78 is 71.0. The fourth-order valence-corrected chi connectivity index (χ4v) is 13.5. The number of alkyl halides is 3. The van der Waals surface area contributed by atoms with Crippen molar-refractivity contribution in [3.8, 4) is 0 Å².